The van der Waals surface area contributed by atoms with Gasteiger partial charge in [-0.25, -0.2) is 0 Å². The smallest absolute Gasteiger partial charge is 0.228 e. The molecule has 3 N–H and O–H groups in total. The Morgan fingerprint density at radius 1 is 1.54 bits per heavy atom. The molecule has 0 aliphatic heterocycles. The predicted octanol–water partition coefficient (Wildman–Crippen LogP) is 1.78. The minimum Gasteiger partial charge on any atom is -0.397 e. The molecule has 1 amide bonds. The minimum absolute atomic E-state index is 0.104. The Kier molecular flexibility index (Phi) is 3.09. The number of hydrogen-bond donors (Lipinski definition) is 2. The Bertz CT molecular complexity index is 320. The SMILES string of the molecule is C=CCC(=O)Nc1ccccc1N. The number of rotatable bonds is 3. The first-order valence-corrected chi connectivity index (χ1v) is 3.99. The summed E-state index contributed by atoms with van der Waals surface area (Å²) in [6.45, 7) is 3.47. The van der Waals surface area contributed by atoms with Gasteiger partial charge in [-0.1, -0.05) is 18.2 Å². The van der Waals surface area contributed by atoms with Crippen LogP contribution in [0.3, 0.4) is 0 Å². The molecule has 3 nitrogen and oxygen atoms in total. The maximum absolute atomic E-state index is 11.1. The van der Waals surface area contributed by atoms with Crippen LogP contribution in [0.2, 0.25) is 0 Å². The molecule has 3 heteroatoms. The molecule has 0 spiro atoms. The summed E-state index contributed by atoms with van der Waals surface area (Å²) in [5, 5.41) is 2.68. The van der Waals surface area contributed by atoms with Gasteiger partial charge in [-0.15, -0.1) is 6.58 Å². The number of hydrogen-bond acceptors (Lipinski definition) is 2. The molecule has 0 aromatic heterocycles. The third-order valence-corrected chi connectivity index (χ3v) is 1.56. The molecular weight excluding hydrogens is 164 g/mol. The van der Waals surface area contributed by atoms with Gasteiger partial charge in [0.05, 0.1) is 11.4 Å². The van der Waals surface area contributed by atoms with Crippen LogP contribution in [0, 0.1) is 0 Å². The summed E-state index contributed by atoms with van der Waals surface area (Å²) >= 11 is 0. The average Bonchev–Trinajstić information content (AvgIpc) is 2.09. The zero-order valence-corrected chi connectivity index (χ0v) is 7.29. The van der Waals surface area contributed by atoms with Crippen molar-refractivity contribution in [2.75, 3.05) is 11.1 Å². The third kappa shape index (κ3) is 2.63. The van der Waals surface area contributed by atoms with E-state index < -0.39 is 0 Å². The second-order valence-electron chi connectivity index (χ2n) is 2.63. The van der Waals surface area contributed by atoms with Crippen LogP contribution in [0.1, 0.15) is 6.42 Å². The first-order valence-electron chi connectivity index (χ1n) is 3.99. The molecular formula is C10H12N2O. The molecule has 13 heavy (non-hydrogen) atoms. The summed E-state index contributed by atoms with van der Waals surface area (Å²) in [6, 6.07) is 7.14. The van der Waals surface area contributed by atoms with E-state index in [9.17, 15) is 4.79 Å². The quantitative estimate of drug-likeness (QED) is 0.545. The molecule has 0 aliphatic rings. The Labute approximate surface area is 77.3 Å². The molecule has 0 unspecified atom stereocenters. The average molecular weight is 176 g/mol. The third-order valence-electron chi connectivity index (χ3n) is 1.56. The number of nitrogen functional groups attached to an aromatic ring is 1. The number of anilines is 2. The predicted molar refractivity (Wildman–Crippen MR) is 54.3 cm³/mol. The van der Waals surface area contributed by atoms with Crippen molar-refractivity contribution in [3.63, 3.8) is 0 Å². The molecule has 0 fully saturated rings. The van der Waals surface area contributed by atoms with Gasteiger partial charge in [-0.3, -0.25) is 4.79 Å². The molecule has 0 saturated heterocycles. The van der Waals surface area contributed by atoms with Gasteiger partial charge in [0.1, 0.15) is 0 Å². The molecule has 1 aromatic rings. The molecule has 1 rings (SSSR count). The van der Waals surface area contributed by atoms with Crippen LogP contribution in [-0.2, 0) is 4.79 Å². The van der Waals surface area contributed by atoms with Gasteiger partial charge in [0.2, 0.25) is 5.91 Å². The van der Waals surface area contributed by atoms with Gasteiger partial charge in [-0.05, 0) is 12.1 Å². The zero-order chi connectivity index (χ0) is 9.68. The van der Waals surface area contributed by atoms with Gasteiger partial charge >= 0.3 is 0 Å². The summed E-state index contributed by atoms with van der Waals surface area (Å²) in [4.78, 5) is 11.1. The monoisotopic (exact) mass is 176 g/mol. The second-order valence-corrected chi connectivity index (χ2v) is 2.63. The lowest BCUT2D eigenvalue weighted by molar-refractivity contribution is -0.115. The lowest BCUT2D eigenvalue weighted by Crippen LogP contribution is -2.11. The van der Waals surface area contributed by atoms with Crippen LogP contribution in [0.25, 0.3) is 0 Å². The van der Waals surface area contributed by atoms with Crippen LogP contribution < -0.4 is 11.1 Å². The van der Waals surface area contributed by atoms with E-state index in [0.717, 1.165) is 0 Å². The normalized spacial score (nSPS) is 9.23. The van der Waals surface area contributed by atoms with Crippen molar-refractivity contribution in [2.24, 2.45) is 0 Å². The van der Waals surface area contributed by atoms with E-state index in [1.165, 1.54) is 0 Å². The van der Waals surface area contributed by atoms with Crippen molar-refractivity contribution in [1.82, 2.24) is 0 Å². The molecule has 68 valence electrons. The first-order chi connectivity index (χ1) is 6.24. The fourth-order valence-corrected chi connectivity index (χ4v) is 0.943. The Morgan fingerprint density at radius 2 is 2.23 bits per heavy atom. The van der Waals surface area contributed by atoms with Gasteiger partial charge < -0.3 is 11.1 Å². The number of carbonyl (C=O) groups excluding carboxylic acids is 1. The maximum Gasteiger partial charge on any atom is 0.228 e. The Morgan fingerprint density at radius 3 is 2.85 bits per heavy atom. The number of nitrogens with one attached hydrogen (secondary N) is 1. The highest BCUT2D eigenvalue weighted by molar-refractivity contribution is 5.94. The lowest BCUT2D eigenvalue weighted by Gasteiger charge is -2.05. The highest BCUT2D eigenvalue weighted by Gasteiger charge is 2.01. The highest BCUT2D eigenvalue weighted by atomic mass is 16.1. The summed E-state index contributed by atoms with van der Waals surface area (Å²) in [5.41, 5.74) is 6.84. The van der Waals surface area contributed by atoms with E-state index >= 15 is 0 Å². The van der Waals surface area contributed by atoms with Crippen LogP contribution in [0.5, 0.6) is 0 Å². The molecule has 0 bridgehead atoms. The fraction of sp³-hybridized carbons (Fsp3) is 0.100. The highest BCUT2D eigenvalue weighted by Crippen LogP contribution is 2.16. The number of benzene rings is 1. The number of nitrogens with two attached hydrogens (primary N) is 1. The number of carbonyl (C=O) groups is 1. The van der Waals surface area contributed by atoms with Crippen LogP contribution in [0.4, 0.5) is 11.4 Å². The van der Waals surface area contributed by atoms with Crippen LogP contribution in [0.15, 0.2) is 36.9 Å². The van der Waals surface area contributed by atoms with Crippen molar-refractivity contribution in [1.29, 1.82) is 0 Å². The van der Waals surface area contributed by atoms with Crippen molar-refractivity contribution < 1.29 is 4.79 Å². The molecule has 1 aromatic carbocycles. The topological polar surface area (TPSA) is 55.1 Å². The van der Waals surface area contributed by atoms with Crippen molar-refractivity contribution in [3.8, 4) is 0 Å². The number of amides is 1. The fourth-order valence-electron chi connectivity index (χ4n) is 0.943. The van der Waals surface area contributed by atoms with E-state index in [-0.39, 0.29) is 5.91 Å². The van der Waals surface area contributed by atoms with Gasteiger partial charge in [0.15, 0.2) is 0 Å². The van der Waals surface area contributed by atoms with E-state index in [4.69, 9.17) is 5.73 Å². The first kappa shape index (κ1) is 9.32. The van der Waals surface area contributed by atoms with E-state index in [2.05, 4.69) is 11.9 Å². The van der Waals surface area contributed by atoms with Crippen molar-refractivity contribution in [2.45, 2.75) is 6.42 Å². The summed E-state index contributed by atoms with van der Waals surface area (Å²) < 4.78 is 0. The van der Waals surface area contributed by atoms with E-state index in [1.807, 2.05) is 12.1 Å². The van der Waals surface area contributed by atoms with Crippen molar-refractivity contribution >= 4 is 17.3 Å². The molecule has 0 aliphatic carbocycles. The van der Waals surface area contributed by atoms with Crippen LogP contribution >= 0.6 is 0 Å². The Balaban J connectivity index is 2.68. The largest absolute Gasteiger partial charge is 0.397 e. The minimum atomic E-state index is -0.104. The molecule has 0 atom stereocenters. The maximum atomic E-state index is 11.1. The van der Waals surface area contributed by atoms with Crippen LogP contribution in [-0.4, -0.2) is 5.91 Å². The standard InChI is InChI=1S/C10H12N2O/c1-2-5-10(13)12-9-7-4-3-6-8(9)11/h2-4,6-7H,1,5,11H2,(H,12,13). The summed E-state index contributed by atoms with van der Waals surface area (Å²) in [7, 11) is 0. The van der Waals surface area contributed by atoms with Crippen molar-refractivity contribution in [3.05, 3.63) is 36.9 Å². The summed E-state index contributed by atoms with van der Waals surface area (Å²) in [6.07, 6.45) is 1.85. The van der Waals surface area contributed by atoms with Gasteiger partial charge in [-0.2, -0.15) is 0 Å². The molecule has 0 saturated carbocycles. The number of para-hydroxylation sites is 2. The lowest BCUT2D eigenvalue weighted by atomic mass is 10.2. The summed E-state index contributed by atoms with van der Waals surface area (Å²) in [5.74, 6) is -0.104. The molecule has 0 heterocycles. The zero-order valence-electron chi connectivity index (χ0n) is 7.29. The Hall–Kier alpha value is -1.77. The second kappa shape index (κ2) is 4.30. The van der Waals surface area contributed by atoms with Gasteiger partial charge in [0, 0.05) is 6.42 Å². The van der Waals surface area contributed by atoms with E-state index in [1.54, 1.807) is 18.2 Å². The van der Waals surface area contributed by atoms with Gasteiger partial charge in [0.25, 0.3) is 0 Å². The molecule has 0 radical (unpaired) electrons. The van der Waals surface area contributed by atoms with E-state index in [0.29, 0.717) is 17.8 Å².